The van der Waals surface area contributed by atoms with E-state index in [9.17, 15) is 18.0 Å². The summed E-state index contributed by atoms with van der Waals surface area (Å²) in [6, 6.07) is 12.7. The maximum absolute atomic E-state index is 13.8. The zero-order chi connectivity index (χ0) is 31.7. The zero-order valence-corrected chi connectivity index (χ0v) is 27.0. The van der Waals surface area contributed by atoms with Crippen LogP contribution in [-0.2, 0) is 38.9 Å². The number of H-pyrrole nitrogens is 1. The number of hydrogen-bond acceptors (Lipinski definition) is 7. The second-order valence-electron chi connectivity index (χ2n) is 12.1. The molecule has 1 amide bonds. The molecule has 238 valence electrons. The second kappa shape index (κ2) is 12.9. The normalized spacial score (nSPS) is 18.6. The number of nitrogens with one attached hydrogen (secondary N) is 2. The molecule has 11 heteroatoms. The lowest BCUT2D eigenvalue weighted by Crippen LogP contribution is -2.44. The molecule has 0 radical (unpaired) electrons. The molecule has 3 aliphatic heterocycles. The van der Waals surface area contributed by atoms with Gasteiger partial charge in [-0.25, -0.2) is 13.2 Å². The van der Waals surface area contributed by atoms with Crippen molar-refractivity contribution in [3.05, 3.63) is 81.7 Å². The minimum Gasteiger partial charge on any atom is -0.462 e. The number of likely N-dealkylation sites (N-methyl/N-ethyl adjacent to an activating group) is 1. The number of anilines is 1. The molecule has 2 N–H and O–H groups in total. The first-order chi connectivity index (χ1) is 21.7. The number of rotatable bonds is 9. The number of aromatic amines is 1. The number of amides is 1. The Bertz CT molecular complexity index is 1750. The lowest BCUT2D eigenvalue weighted by Gasteiger charge is -2.32. The van der Waals surface area contributed by atoms with Crippen LogP contribution in [0.3, 0.4) is 0 Å². The summed E-state index contributed by atoms with van der Waals surface area (Å²) in [6.45, 7) is 9.58. The lowest BCUT2D eigenvalue weighted by atomic mass is 10.00. The molecule has 2 aromatic carbocycles. The summed E-state index contributed by atoms with van der Waals surface area (Å²) in [5.74, 6) is -0.710. The fourth-order valence-corrected chi connectivity index (χ4v) is 8.00. The van der Waals surface area contributed by atoms with Crippen LogP contribution < -0.4 is 5.32 Å². The SMILES string of the molecule is CCOC(=O)c1c(C)[nH]c(C=C2C(=O)Nc3ccc(S(=O)(=O)N4CCc5ccccc5C4)cc32)c1CCCN1CCN(C)CC1. The van der Waals surface area contributed by atoms with Crippen molar-refractivity contribution in [2.24, 2.45) is 0 Å². The highest BCUT2D eigenvalue weighted by atomic mass is 32.2. The van der Waals surface area contributed by atoms with Gasteiger partial charge < -0.3 is 24.8 Å². The molecule has 1 saturated heterocycles. The Hall–Kier alpha value is -3.77. The second-order valence-corrected chi connectivity index (χ2v) is 14.0. The van der Waals surface area contributed by atoms with Gasteiger partial charge >= 0.3 is 5.97 Å². The molecule has 3 aliphatic rings. The monoisotopic (exact) mass is 631 g/mol. The standard InChI is InChI=1S/C34H41N5O5S/c1-4-44-34(41)32-23(2)35-31(27(32)10-7-14-38-18-16-37(3)17-19-38)21-29-28-20-26(11-12-30(28)36-33(29)40)45(42,43)39-15-13-24-8-5-6-9-25(24)22-39/h5-6,8-9,11-12,20-21,35H,4,7,10,13-19,22H2,1-3H3,(H,36,40). The van der Waals surface area contributed by atoms with Crippen molar-refractivity contribution in [1.29, 1.82) is 0 Å². The summed E-state index contributed by atoms with van der Waals surface area (Å²) in [6.07, 6.45) is 3.87. The van der Waals surface area contributed by atoms with E-state index in [0.29, 0.717) is 59.7 Å². The van der Waals surface area contributed by atoms with Gasteiger partial charge in [0.25, 0.3) is 5.91 Å². The fraction of sp³-hybridized carbons (Fsp3) is 0.412. The molecule has 0 aliphatic carbocycles. The first-order valence-electron chi connectivity index (χ1n) is 15.7. The van der Waals surface area contributed by atoms with E-state index in [1.807, 2.05) is 31.2 Å². The minimum absolute atomic E-state index is 0.144. The molecular formula is C34H41N5O5S. The Morgan fingerprint density at radius 3 is 2.56 bits per heavy atom. The summed E-state index contributed by atoms with van der Waals surface area (Å²) >= 11 is 0. The zero-order valence-electron chi connectivity index (χ0n) is 26.2. The number of aryl methyl sites for hydroxylation is 1. The molecule has 10 nitrogen and oxygen atoms in total. The molecule has 0 saturated carbocycles. The van der Waals surface area contributed by atoms with Gasteiger partial charge in [-0.1, -0.05) is 24.3 Å². The van der Waals surface area contributed by atoms with Crippen LogP contribution in [0.15, 0.2) is 47.4 Å². The largest absolute Gasteiger partial charge is 0.462 e. The molecule has 0 atom stereocenters. The fourth-order valence-electron chi connectivity index (χ4n) is 6.55. The number of nitrogens with zero attached hydrogens (tertiary/aromatic N) is 3. The Morgan fingerprint density at radius 2 is 1.80 bits per heavy atom. The summed E-state index contributed by atoms with van der Waals surface area (Å²) < 4.78 is 34.5. The molecule has 0 bridgehead atoms. The van der Waals surface area contributed by atoms with E-state index in [0.717, 1.165) is 50.3 Å². The lowest BCUT2D eigenvalue weighted by molar-refractivity contribution is -0.110. The van der Waals surface area contributed by atoms with Crippen molar-refractivity contribution in [1.82, 2.24) is 19.1 Å². The Kier molecular flexibility index (Phi) is 8.96. The average molecular weight is 632 g/mol. The van der Waals surface area contributed by atoms with Gasteiger partial charge in [0, 0.05) is 61.9 Å². The Morgan fingerprint density at radius 1 is 1.04 bits per heavy atom. The number of sulfonamides is 1. The van der Waals surface area contributed by atoms with Crippen molar-refractivity contribution in [2.75, 3.05) is 58.2 Å². The molecule has 45 heavy (non-hydrogen) atoms. The third kappa shape index (κ3) is 6.35. The van der Waals surface area contributed by atoms with Gasteiger partial charge in [-0.05, 0) is 87.7 Å². The van der Waals surface area contributed by atoms with Crippen molar-refractivity contribution in [3.63, 3.8) is 0 Å². The van der Waals surface area contributed by atoms with Crippen molar-refractivity contribution >= 4 is 39.2 Å². The maximum Gasteiger partial charge on any atom is 0.340 e. The number of carbonyl (C=O) groups is 2. The summed E-state index contributed by atoms with van der Waals surface area (Å²) in [5, 5.41) is 2.88. The van der Waals surface area contributed by atoms with Gasteiger partial charge in [0.05, 0.1) is 22.6 Å². The molecule has 0 spiro atoms. The number of ether oxygens (including phenoxy) is 1. The Balaban J connectivity index is 1.30. The number of piperazine rings is 1. The average Bonchev–Trinajstić information content (AvgIpc) is 3.52. The number of carbonyl (C=O) groups excluding carboxylic acids is 2. The quantitative estimate of drug-likeness (QED) is 0.272. The molecule has 0 unspecified atom stereocenters. The van der Waals surface area contributed by atoms with Crippen LogP contribution in [0.4, 0.5) is 5.69 Å². The summed E-state index contributed by atoms with van der Waals surface area (Å²) in [7, 11) is -1.67. The van der Waals surface area contributed by atoms with E-state index >= 15 is 0 Å². The van der Waals surface area contributed by atoms with E-state index in [4.69, 9.17) is 4.74 Å². The maximum atomic E-state index is 13.8. The summed E-state index contributed by atoms with van der Waals surface area (Å²) in [4.78, 5) is 34.5. The third-order valence-electron chi connectivity index (χ3n) is 9.10. The number of benzene rings is 2. The van der Waals surface area contributed by atoms with E-state index in [1.165, 1.54) is 9.87 Å². The first-order valence-corrected chi connectivity index (χ1v) is 17.1. The van der Waals surface area contributed by atoms with Gasteiger partial charge in [0.2, 0.25) is 10.0 Å². The number of hydrogen-bond donors (Lipinski definition) is 2. The smallest absolute Gasteiger partial charge is 0.340 e. The molecule has 3 aromatic rings. The first kappa shape index (κ1) is 31.2. The van der Waals surface area contributed by atoms with Crippen LogP contribution >= 0.6 is 0 Å². The number of fused-ring (bicyclic) bond motifs is 2. The topological polar surface area (TPSA) is 115 Å². The highest BCUT2D eigenvalue weighted by Crippen LogP contribution is 2.37. The van der Waals surface area contributed by atoms with Crippen LogP contribution in [0.2, 0.25) is 0 Å². The van der Waals surface area contributed by atoms with Gasteiger partial charge in [-0.2, -0.15) is 4.31 Å². The van der Waals surface area contributed by atoms with Gasteiger partial charge in [-0.15, -0.1) is 0 Å². The van der Waals surface area contributed by atoms with E-state index < -0.39 is 16.0 Å². The minimum atomic E-state index is -3.80. The molecule has 4 heterocycles. The van der Waals surface area contributed by atoms with Crippen LogP contribution in [0.5, 0.6) is 0 Å². The number of esters is 1. The third-order valence-corrected chi connectivity index (χ3v) is 10.9. The van der Waals surface area contributed by atoms with Crippen LogP contribution in [0.25, 0.3) is 11.6 Å². The van der Waals surface area contributed by atoms with E-state index in [1.54, 1.807) is 31.2 Å². The van der Waals surface area contributed by atoms with E-state index in [2.05, 4.69) is 27.1 Å². The van der Waals surface area contributed by atoms with Crippen molar-refractivity contribution in [3.8, 4) is 0 Å². The van der Waals surface area contributed by atoms with E-state index in [-0.39, 0.29) is 17.4 Å². The van der Waals surface area contributed by atoms with Crippen LogP contribution in [-0.4, -0.2) is 92.3 Å². The van der Waals surface area contributed by atoms with Crippen LogP contribution in [0, 0.1) is 6.92 Å². The Labute approximate surface area is 265 Å². The van der Waals surface area contributed by atoms with Gasteiger partial charge in [0.1, 0.15) is 0 Å². The molecule has 6 rings (SSSR count). The highest BCUT2D eigenvalue weighted by molar-refractivity contribution is 7.89. The predicted octanol–water partition coefficient (Wildman–Crippen LogP) is 3.92. The highest BCUT2D eigenvalue weighted by Gasteiger charge is 2.32. The van der Waals surface area contributed by atoms with Gasteiger partial charge in [-0.3, -0.25) is 4.79 Å². The van der Waals surface area contributed by atoms with Crippen LogP contribution in [0.1, 0.15) is 57.3 Å². The molecule has 1 aromatic heterocycles. The van der Waals surface area contributed by atoms with Gasteiger partial charge in [0.15, 0.2) is 0 Å². The van der Waals surface area contributed by atoms with Crippen molar-refractivity contribution < 1.29 is 22.7 Å². The molecule has 1 fully saturated rings. The number of aromatic nitrogens is 1. The predicted molar refractivity (Wildman–Crippen MR) is 174 cm³/mol. The van der Waals surface area contributed by atoms with Crippen molar-refractivity contribution in [2.45, 2.75) is 44.6 Å². The summed E-state index contributed by atoms with van der Waals surface area (Å²) in [5.41, 5.74) is 6.25. The molecular weight excluding hydrogens is 590 g/mol.